The fourth-order valence-corrected chi connectivity index (χ4v) is 2.51. The summed E-state index contributed by atoms with van der Waals surface area (Å²) in [6.07, 6.45) is 5.35. The van der Waals surface area contributed by atoms with Crippen LogP contribution in [0.5, 0.6) is 0 Å². The monoisotopic (exact) mass is 310 g/mol. The van der Waals surface area contributed by atoms with Crippen molar-refractivity contribution in [3.05, 3.63) is 34.3 Å². The van der Waals surface area contributed by atoms with E-state index in [-0.39, 0.29) is 0 Å². The van der Waals surface area contributed by atoms with Crippen LogP contribution in [0.15, 0.2) is 28.7 Å². The molecule has 0 heterocycles. The average molecular weight is 311 g/mol. The number of halogens is 1. The van der Waals surface area contributed by atoms with Crippen LogP contribution >= 0.6 is 15.9 Å². The van der Waals surface area contributed by atoms with Crippen molar-refractivity contribution in [3.8, 4) is 0 Å². The van der Waals surface area contributed by atoms with Crippen LogP contribution in [-0.2, 0) is 6.54 Å². The second-order valence-electron chi connectivity index (χ2n) is 5.26. The first-order valence-electron chi connectivity index (χ1n) is 6.91. The first-order chi connectivity index (χ1) is 8.75. The van der Waals surface area contributed by atoms with Gasteiger partial charge in [-0.05, 0) is 57.5 Å². The van der Waals surface area contributed by atoms with Crippen LogP contribution in [-0.4, -0.2) is 31.1 Å². The van der Waals surface area contributed by atoms with Crippen molar-refractivity contribution in [2.24, 2.45) is 0 Å². The fourth-order valence-electron chi connectivity index (χ4n) is 2.10. The van der Waals surface area contributed by atoms with Crippen molar-refractivity contribution < 1.29 is 0 Å². The molecule has 0 saturated heterocycles. The Labute approximate surface area is 119 Å². The molecule has 0 bridgehead atoms. The molecule has 0 unspecified atom stereocenters. The highest BCUT2D eigenvalue weighted by molar-refractivity contribution is 9.10. The van der Waals surface area contributed by atoms with E-state index in [0.29, 0.717) is 0 Å². The summed E-state index contributed by atoms with van der Waals surface area (Å²) in [6.45, 7) is 3.39. The van der Waals surface area contributed by atoms with Gasteiger partial charge in [0.25, 0.3) is 0 Å². The number of rotatable bonds is 8. The molecular formula is C15H23BrN2. The van der Waals surface area contributed by atoms with E-state index in [2.05, 4.69) is 57.5 Å². The Morgan fingerprint density at radius 2 is 2.06 bits per heavy atom. The van der Waals surface area contributed by atoms with Crippen LogP contribution in [0, 0.1) is 0 Å². The molecule has 0 aliphatic heterocycles. The number of hydrogen-bond donors (Lipinski definition) is 1. The predicted octanol–water partition coefficient (Wildman–Crippen LogP) is 3.41. The fraction of sp³-hybridized carbons (Fsp3) is 0.600. The van der Waals surface area contributed by atoms with E-state index >= 15 is 0 Å². The zero-order valence-electron chi connectivity index (χ0n) is 11.2. The molecule has 2 nitrogen and oxygen atoms in total. The maximum Gasteiger partial charge on any atom is 0.0241 e. The molecule has 18 heavy (non-hydrogen) atoms. The summed E-state index contributed by atoms with van der Waals surface area (Å²) in [5, 5.41) is 3.56. The third-order valence-electron chi connectivity index (χ3n) is 3.38. The molecule has 0 atom stereocenters. The van der Waals surface area contributed by atoms with Crippen LogP contribution in [0.1, 0.15) is 31.2 Å². The Morgan fingerprint density at radius 3 is 2.78 bits per heavy atom. The lowest BCUT2D eigenvalue weighted by Gasteiger charge is -2.17. The number of unbranched alkanes of at least 4 members (excludes halogenated alkanes) is 1. The van der Waals surface area contributed by atoms with Gasteiger partial charge in [-0.3, -0.25) is 0 Å². The van der Waals surface area contributed by atoms with Crippen molar-refractivity contribution in [1.82, 2.24) is 10.2 Å². The normalized spacial score (nSPS) is 15.3. The lowest BCUT2D eigenvalue weighted by molar-refractivity contribution is 0.317. The molecule has 1 N–H and O–H groups in total. The summed E-state index contributed by atoms with van der Waals surface area (Å²) in [6, 6.07) is 9.32. The molecular weight excluding hydrogens is 288 g/mol. The Kier molecular flexibility index (Phi) is 5.67. The summed E-state index contributed by atoms with van der Waals surface area (Å²) >= 11 is 3.60. The van der Waals surface area contributed by atoms with Gasteiger partial charge >= 0.3 is 0 Å². The Balaban J connectivity index is 1.59. The summed E-state index contributed by atoms with van der Waals surface area (Å²) in [5.41, 5.74) is 1.37. The van der Waals surface area contributed by atoms with Gasteiger partial charge in [-0.25, -0.2) is 0 Å². The summed E-state index contributed by atoms with van der Waals surface area (Å²) in [4.78, 5) is 2.40. The van der Waals surface area contributed by atoms with Gasteiger partial charge in [-0.2, -0.15) is 0 Å². The molecule has 1 aromatic carbocycles. The van der Waals surface area contributed by atoms with Gasteiger partial charge in [0.1, 0.15) is 0 Å². The van der Waals surface area contributed by atoms with Crippen molar-refractivity contribution in [1.29, 1.82) is 0 Å². The standard InChI is InChI=1S/C15H23BrN2/c1-18(11-5-4-10-17-14-8-9-14)12-13-6-2-3-7-15(13)16/h2-3,6-7,14,17H,4-5,8-12H2,1H3. The van der Waals surface area contributed by atoms with E-state index in [9.17, 15) is 0 Å². The van der Waals surface area contributed by atoms with Crippen LogP contribution in [0.2, 0.25) is 0 Å². The minimum atomic E-state index is 0.850. The number of nitrogens with one attached hydrogen (secondary N) is 1. The zero-order chi connectivity index (χ0) is 12.8. The van der Waals surface area contributed by atoms with E-state index < -0.39 is 0 Å². The molecule has 3 heteroatoms. The van der Waals surface area contributed by atoms with Crippen LogP contribution in [0.25, 0.3) is 0 Å². The topological polar surface area (TPSA) is 15.3 Å². The molecule has 1 fully saturated rings. The SMILES string of the molecule is CN(CCCCNC1CC1)Cc1ccccc1Br. The van der Waals surface area contributed by atoms with Gasteiger partial charge in [0.05, 0.1) is 0 Å². The molecule has 100 valence electrons. The van der Waals surface area contributed by atoms with Gasteiger partial charge in [-0.1, -0.05) is 34.1 Å². The third kappa shape index (κ3) is 5.09. The maximum atomic E-state index is 3.60. The minimum absolute atomic E-state index is 0.850. The molecule has 1 aliphatic carbocycles. The Hall–Kier alpha value is -0.380. The minimum Gasteiger partial charge on any atom is -0.314 e. The predicted molar refractivity (Wildman–Crippen MR) is 80.7 cm³/mol. The molecule has 0 spiro atoms. The first-order valence-corrected chi connectivity index (χ1v) is 7.70. The largest absolute Gasteiger partial charge is 0.314 e. The highest BCUT2D eigenvalue weighted by Gasteiger charge is 2.19. The van der Waals surface area contributed by atoms with Gasteiger partial charge in [-0.15, -0.1) is 0 Å². The molecule has 1 aliphatic rings. The lowest BCUT2D eigenvalue weighted by atomic mass is 10.2. The molecule has 0 amide bonds. The second-order valence-corrected chi connectivity index (χ2v) is 6.12. The highest BCUT2D eigenvalue weighted by atomic mass is 79.9. The number of hydrogen-bond acceptors (Lipinski definition) is 2. The van der Waals surface area contributed by atoms with E-state index in [4.69, 9.17) is 0 Å². The van der Waals surface area contributed by atoms with Crippen molar-refractivity contribution in [3.63, 3.8) is 0 Å². The van der Waals surface area contributed by atoms with Gasteiger partial charge in [0.15, 0.2) is 0 Å². The average Bonchev–Trinajstić information content (AvgIpc) is 3.16. The zero-order valence-corrected chi connectivity index (χ0v) is 12.7. The molecule has 0 radical (unpaired) electrons. The van der Waals surface area contributed by atoms with E-state index in [1.807, 2.05) is 0 Å². The smallest absolute Gasteiger partial charge is 0.0241 e. The quantitative estimate of drug-likeness (QED) is 0.740. The van der Waals surface area contributed by atoms with Crippen LogP contribution in [0.3, 0.4) is 0 Å². The molecule has 2 rings (SSSR count). The van der Waals surface area contributed by atoms with Crippen LogP contribution < -0.4 is 5.32 Å². The summed E-state index contributed by atoms with van der Waals surface area (Å²) < 4.78 is 1.22. The molecule has 0 aromatic heterocycles. The Morgan fingerprint density at radius 1 is 1.28 bits per heavy atom. The van der Waals surface area contributed by atoms with E-state index in [1.165, 1.54) is 48.8 Å². The van der Waals surface area contributed by atoms with Gasteiger partial charge in [0.2, 0.25) is 0 Å². The Bertz CT molecular complexity index is 363. The van der Waals surface area contributed by atoms with Crippen molar-refractivity contribution >= 4 is 15.9 Å². The van der Waals surface area contributed by atoms with Gasteiger partial charge in [0, 0.05) is 17.1 Å². The number of benzene rings is 1. The van der Waals surface area contributed by atoms with E-state index in [1.54, 1.807) is 0 Å². The molecule has 1 saturated carbocycles. The van der Waals surface area contributed by atoms with E-state index in [0.717, 1.165) is 12.6 Å². The lowest BCUT2D eigenvalue weighted by Crippen LogP contribution is -2.22. The van der Waals surface area contributed by atoms with Gasteiger partial charge < -0.3 is 10.2 Å². The summed E-state index contributed by atoms with van der Waals surface area (Å²) in [5.74, 6) is 0. The van der Waals surface area contributed by atoms with Crippen LogP contribution in [0.4, 0.5) is 0 Å². The first kappa shape index (κ1) is 14.0. The van der Waals surface area contributed by atoms with Crippen molar-refractivity contribution in [2.45, 2.75) is 38.3 Å². The third-order valence-corrected chi connectivity index (χ3v) is 4.15. The second kappa shape index (κ2) is 7.27. The van der Waals surface area contributed by atoms with Crippen molar-refractivity contribution in [2.75, 3.05) is 20.1 Å². The highest BCUT2D eigenvalue weighted by Crippen LogP contribution is 2.19. The molecule has 1 aromatic rings. The maximum absolute atomic E-state index is 3.60. The number of nitrogens with zero attached hydrogens (tertiary/aromatic N) is 1. The summed E-state index contributed by atoms with van der Waals surface area (Å²) in [7, 11) is 2.20.